The largest absolute Gasteiger partial charge is 0.464 e. The number of esters is 2. The van der Waals surface area contributed by atoms with Crippen LogP contribution in [0.4, 0.5) is 0 Å². The van der Waals surface area contributed by atoms with Crippen molar-refractivity contribution in [2.24, 2.45) is 0 Å². The van der Waals surface area contributed by atoms with Crippen LogP contribution in [0.5, 0.6) is 0 Å². The van der Waals surface area contributed by atoms with Crippen molar-refractivity contribution in [3.63, 3.8) is 0 Å². The minimum absolute atomic E-state index is 0.0173. The Kier molecular flexibility index (Phi) is 33.2. The zero-order chi connectivity index (χ0) is 33.9. The predicted molar refractivity (Wildman–Crippen MR) is 196 cm³/mol. The summed E-state index contributed by atoms with van der Waals surface area (Å²) in [6.07, 6.45) is 30.5. The number of amides is 1. The Balaban J connectivity index is 4.21. The van der Waals surface area contributed by atoms with Crippen molar-refractivity contribution in [1.29, 1.82) is 0 Å². The molecule has 0 N–H and O–H groups in total. The second-order valence-corrected chi connectivity index (χ2v) is 13.6. The zero-order valence-corrected chi connectivity index (χ0v) is 31.1. The summed E-state index contributed by atoms with van der Waals surface area (Å²) >= 11 is 1.59. The molecule has 46 heavy (non-hydrogen) atoms. The van der Waals surface area contributed by atoms with E-state index in [0.29, 0.717) is 31.7 Å². The summed E-state index contributed by atoms with van der Waals surface area (Å²) in [5.41, 5.74) is 0. The van der Waals surface area contributed by atoms with Gasteiger partial charge in [0.1, 0.15) is 13.2 Å². The molecule has 1 amide bonds. The standard InChI is InChI=1S/C38H70N2O5S/c1-5-7-9-11-13-15-17-19-21-23-25-27-37(42)44-32-29-40(36(41)35-46-34-31-39(3)4)30-33-45-38(43)28-26-24-22-20-18-16-14-12-10-8-6-2/h11-14H,5-10,15-35H2,1-4H3. The molecular formula is C38H70N2O5S. The molecule has 0 spiro atoms. The maximum Gasteiger partial charge on any atom is 0.305 e. The highest BCUT2D eigenvalue weighted by Crippen LogP contribution is 2.11. The van der Waals surface area contributed by atoms with Crippen LogP contribution in [0, 0.1) is 0 Å². The quantitative estimate of drug-likeness (QED) is 0.0393. The third-order valence-electron chi connectivity index (χ3n) is 7.79. The molecular weight excluding hydrogens is 596 g/mol. The normalized spacial score (nSPS) is 11.6. The Morgan fingerprint density at radius 3 is 1.41 bits per heavy atom. The van der Waals surface area contributed by atoms with Crippen LogP contribution in [0.2, 0.25) is 0 Å². The van der Waals surface area contributed by atoms with E-state index in [0.717, 1.165) is 63.7 Å². The highest BCUT2D eigenvalue weighted by atomic mass is 32.2. The lowest BCUT2D eigenvalue weighted by molar-refractivity contribution is -0.147. The van der Waals surface area contributed by atoms with Crippen LogP contribution in [0.3, 0.4) is 0 Å². The first-order valence-electron chi connectivity index (χ1n) is 18.5. The van der Waals surface area contributed by atoms with Crippen molar-refractivity contribution >= 4 is 29.6 Å². The van der Waals surface area contributed by atoms with Crippen LogP contribution in [0.25, 0.3) is 0 Å². The fraction of sp³-hybridized carbons (Fsp3) is 0.816. The predicted octanol–water partition coefficient (Wildman–Crippen LogP) is 9.15. The van der Waals surface area contributed by atoms with E-state index in [-0.39, 0.29) is 31.1 Å². The second kappa shape index (κ2) is 34.5. The zero-order valence-electron chi connectivity index (χ0n) is 30.2. The topological polar surface area (TPSA) is 76.1 Å². The van der Waals surface area contributed by atoms with E-state index in [1.165, 1.54) is 64.2 Å². The van der Waals surface area contributed by atoms with E-state index in [9.17, 15) is 14.4 Å². The van der Waals surface area contributed by atoms with Crippen molar-refractivity contribution < 1.29 is 23.9 Å². The average Bonchev–Trinajstić information content (AvgIpc) is 3.03. The summed E-state index contributed by atoms with van der Waals surface area (Å²) in [5, 5.41) is 0. The molecule has 0 aromatic rings. The first-order chi connectivity index (χ1) is 22.4. The fourth-order valence-corrected chi connectivity index (χ4v) is 5.78. The van der Waals surface area contributed by atoms with Gasteiger partial charge in [0.05, 0.1) is 18.8 Å². The van der Waals surface area contributed by atoms with Gasteiger partial charge >= 0.3 is 11.9 Å². The average molecular weight is 667 g/mol. The molecule has 0 aliphatic carbocycles. The summed E-state index contributed by atoms with van der Waals surface area (Å²) in [6, 6.07) is 0. The molecule has 0 saturated carbocycles. The molecule has 0 aliphatic rings. The van der Waals surface area contributed by atoms with Gasteiger partial charge in [-0.2, -0.15) is 11.8 Å². The molecule has 268 valence electrons. The summed E-state index contributed by atoms with van der Waals surface area (Å²) in [7, 11) is 4.03. The number of carbonyl (C=O) groups excluding carboxylic acids is 3. The third-order valence-corrected chi connectivity index (χ3v) is 8.72. The number of allylic oxidation sites excluding steroid dienone is 4. The first kappa shape index (κ1) is 44.2. The minimum Gasteiger partial charge on any atom is -0.464 e. The van der Waals surface area contributed by atoms with Crippen LogP contribution in [-0.2, 0) is 23.9 Å². The van der Waals surface area contributed by atoms with Gasteiger partial charge in [-0.05, 0) is 65.5 Å². The number of hydrogen-bond donors (Lipinski definition) is 0. The lowest BCUT2D eigenvalue weighted by Crippen LogP contribution is -2.38. The molecule has 0 bridgehead atoms. The van der Waals surface area contributed by atoms with Crippen LogP contribution < -0.4 is 0 Å². The summed E-state index contributed by atoms with van der Waals surface area (Å²) in [6.45, 7) is 6.30. The molecule has 8 heteroatoms. The second-order valence-electron chi connectivity index (χ2n) is 12.5. The van der Waals surface area contributed by atoms with Crippen molar-refractivity contribution in [3.8, 4) is 0 Å². The lowest BCUT2D eigenvalue weighted by atomic mass is 10.1. The molecule has 0 atom stereocenters. The number of hydrogen-bond acceptors (Lipinski definition) is 7. The molecule has 0 unspecified atom stereocenters. The Labute approximate surface area is 287 Å². The molecule has 0 heterocycles. The molecule has 0 radical (unpaired) electrons. The van der Waals surface area contributed by atoms with Gasteiger partial charge in [0.25, 0.3) is 0 Å². The molecule has 0 fully saturated rings. The Morgan fingerprint density at radius 1 is 0.565 bits per heavy atom. The van der Waals surface area contributed by atoms with Crippen LogP contribution in [0.1, 0.15) is 142 Å². The van der Waals surface area contributed by atoms with Crippen LogP contribution in [-0.4, -0.2) is 86.1 Å². The smallest absolute Gasteiger partial charge is 0.305 e. The van der Waals surface area contributed by atoms with Crippen molar-refractivity contribution in [1.82, 2.24) is 9.80 Å². The first-order valence-corrected chi connectivity index (χ1v) is 19.7. The number of carbonyl (C=O) groups is 3. The van der Waals surface area contributed by atoms with Gasteiger partial charge in [-0.1, -0.05) is 102 Å². The van der Waals surface area contributed by atoms with E-state index < -0.39 is 0 Å². The molecule has 0 aromatic carbocycles. The molecule has 0 rings (SSSR count). The van der Waals surface area contributed by atoms with E-state index in [1.54, 1.807) is 16.7 Å². The van der Waals surface area contributed by atoms with Gasteiger partial charge < -0.3 is 19.3 Å². The highest BCUT2D eigenvalue weighted by molar-refractivity contribution is 7.99. The molecule has 0 saturated heterocycles. The number of ether oxygens (including phenoxy) is 2. The maximum atomic E-state index is 12.9. The fourth-order valence-electron chi connectivity index (χ4n) is 4.78. The summed E-state index contributed by atoms with van der Waals surface area (Å²) in [4.78, 5) is 41.2. The monoisotopic (exact) mass is 667 g/mol. The van der Waals surface area contributed by atoms with Gasteiger partial charge in [-0.3, -0.25) is 14.4 Å². The molecule has 0 aliphatic heterocycles. The molecule has 0 aromatic heterocycles. The number of rotatable bonds is 33. The highest BCUT2D eigenvalue weighted by Gasteiger charge is 2.15. The van der Waals surface area contributed by atoms with Crippen molar-refractivity contribution in [2.45, 2.75) is 142 Å². The Hall–Kier alpha value is -1.80. The maximum absolute atomic E-state index is 12.9. The van der Waals surface area contributed by atoms with E-state index >= 15 is 0 Å². The van der Waals surface area contributed by atoms with Crippen molar-refractivity contribution in [2.75, 3.05) is 58.4 Å². The third kappa shape index (κ3) is 32.2. The van der Waals surface area contributed by atoms with Crippen LogP contribution in [0.15, 0.2) is 24.3 Å². The Bertz CT molecular complexity index is 737. The van der Waals surface area contributed by atoms with Gasteiger partial charge in [-0.25, -0.2) is 0 Å². The molecule has 7 nitrogen and oxygen atoms in total. The lowest BCUT2D eigenvalue weighted by Gasteiger charge is -2.22. The van der Waals surface area contributed by atoms with Crippen molar-refractivity contribution in [3.05, 3.63) is 24.3 Å². The summed E-state index contributed by atoms with van der Waals surface area (Å²) in [5.74, 6) is 0.792. The van der Waals surface area contributed by atoms with Crippen LogP contribution >= 0.6 is 11.8 Å². The van der Waals surface area contributed by atoms with E-state index in [1.807, 2.05) is 14.1 Å². The Morgan fingerprint density at radius 2 is 0.978 bits per heavy atom. The number of nitrogens with zero attached hydrogens (tertiary/aromatic N) is 2. The van der Waals surface area contributed by atoms with Gasteiger partial charge in [0.2, 0.25) is 5.91 Å². The van der Waals surface area contributed by atoms with Gasteiger partial charge in [0.15, 0.2) is 0 Å². The van der Waals surface area contributed by atoms with Gasteiger partial charge in [-0.15, -0.1) is 0 Å². The van der Waals surface area contributed by atoms with E-state index in [4.69, 9.17) is 9.47 Å². The van der Waals surface area contributed by atoms with E-state index in [2.05, 4.69) is 43.1 Å². The van der Waals surface area contributed by atoms with Gasteiger partial charge in [0, 0.05) is 25.1 Å². The number of thioether (sulfide) groups is 1. The SMILES string of the molecule is CCCCC=CCCCCCCCC(=O)OCCN(CCOC(=O)CCCCCCCC=CCCCC)C(=O)CSCCN(C)C. The summed E-state index contributed by atoms with van der Waals surface area (Å²) < 4.78 is 10.9. The number of unbranched alkanes of at least 4 members (excludes halogenated alkanes) is 14. The minimum atomic E-state index is -0.207.